The first-order chi connectivity index (χ1) is 19.9. The van der Waals surface area contributed by atoms with E-state index in [0.29, 0.717) is 36.6 Å². The molecule has 0 bridgehead atoms. The number of benzene rings is 1. The normalized spacial score (nSPS) is 13.6. The highest BCUT2D eigenvalue weighted by atomic mass is 16.5. The summed E-state index contributed by atoms with van der Waals surface area (Å²) >= 11 is 0. The van der Waals surface area contributed by atoms with E-state index in [0.717, 1.165) is 35.9 Å². The van der Waals surface area contributed by atoms with Crippen LogP contribution in [-0.4, -0.2) is 75.4 Å². The second-order valence-corrected chi connectivity index (χ2v) is 10.7. The van der Waals surface area contributed by atoms with Crippen LogP contribution in [-0.2, 0) is 24.1 Å². The Labute approximate surface area is 239 Å². The number of hydrogen-bond donors (Lipinski definition) is 2. The van der Waals surface area contributed by atoms with Crippen LogP contribution < -0.4 is 10.1 Å². The Morgan fingerprint density at radius 3 is 2.78 bits per heavy atom. The van der Waals surface area contributed by atoms with E-state index >= 15 is 0 Å². The topological polar surface area (TPSA) is 122 Å². The van der Waals surface area contributed by atoms with Crippen LogP contribution in [0, 0.1) is 0 Å². The average molecular weight is 557 g/mol. The van der Waals surface area contributed by atoms with Crippen LogP contribution in [0.1, 0.15) is 58.2 Å². The molecule has 1 aliphatic carbocycles. The average Bonchev–Trinajstić information content (AvgIpc) is 3.38. The molecule has 1 amide bonds. The number of nitrogens with zero attached hydrogens (tertiary/aromatic N) is 5. The van der Waals surface area contributed by atoms with Crippen LogP contribution >= 0.6 is 0 Å². The van der Waals surface area contributed by atoms with Gasteiger partial charge in [-0.25, -0.2) is 0 Å². The second kappa shape index (κ2) is 12.9. The van der Waals surface area contributed by atoms with Crippen LogP contribution in [0.15, 0.2) is 55.0 Å². The molecule has 0 saturated heterocycles. The number of aromatic nitrogens is 4. The zero-order chi connectivity index (χ0) is 28.8. The fraction of sp³-hybridized carbons (Fsp3) is 0.387. The third-order valence-electron chi connectivity index (χ3n) is 7.34. The lowest BCUT2D eigenvalue weighted by molar-refractivity contribution is -0.137. The molecule has 1 unspecified atom stereocenters. The van der Waals surface area contributed by atoms with Crippen LogP contribution in [0.25, 0.3) is 10.9 Å². The van der Waals surface area contributed by atoms with Gasteiger partial charge in [-0.05, 0) is 81.2 Å². The van der Waals surface area contributed by atoms with Gasteiger partial charge in [0, 0.05) is 48.7 Å². The van der Waals surface area contributed by atoms with Crippen LogP contribution in [0.5, 0.6) is 5.75 Å². The van der Waals surface area contributed by atoms with Crippen molar-refractivity contribution in [3.8, 4) is 5.75 Å². The molecule has 0 radical (unpaired) electrons. The fourth-order valence-electron chi connectivity index (χ4n) is 5.18. The molecule has 3 aromatic heterocycles. The second-order valence-electron chi connectivity index (χ2n) is 10.7. The highest BCUT2D eigenvalue weighted by molar-refractivity contribution is 5.94. The van der Waals surface area contributed by atoms with E-state index in [2.05, 4.69) is 27.5 Å². The van der Waals surface area contributed by atoms with Crippen molar-refractivity contribution in [3.05, 3.63) is 83.1 Å². The monoisotopic (exact) mass is 556 g/mol. The van der Waals surface area contributed by atoms with E-state index in [1.54, 1.807) is 23.1 Å². The Kier molecular flexibility index (Phi) is 8.88. The summed E-state index contributed by atoms with van der Waals surface area (Å²) in [6, 6.07) is 11.0. The number of fused-ring (bicyclic) bond motifs is 2. The van der Waals surface area contributed by atoms with E-state index in [4.69, 9.17) is 9.72 Å². The summed E-state index contributed by atoms with van der Waals surface area (Å²) in [5.41, 5.74) is 5.37. The predicted molar refractivity (Wildman–Crippen MR) is 155 cm³/mol. The molecule has 5 rings (SSSR count). The van der Waals surface area contributed by atoms with Gasteiger partial charge in [0.1, 0.15) is 5.75 Å². The first kappa shape index (κ1) is 28.2. The van der Waals surface area contributed by atoms with Gasteiger partial charge < -0.3 is 20.1 Å². The fourth-order valence-corrected chi connectivity index (χ4v) is 5.18. The number of nitrogens with one attached hydrogen (secondary N) is 1. The number of hydrogen-bond acceptors (Lipinski definition) is 7. The van der Waals surface area contributed by atoms with Crippen molar-refractivity contribution < 1.29 is 19.4 Å². The minimum Gasteiger partial charge on any atom is -0.493 e. The number of aryl methyl sites for hydroxylation is 2. The van der Waals surface area contributed by atoms with Gasteiger partial charge >= 0.3 is 5.97 Å². The van der Waals surface area contributed by atoms with Crippen molar-refractivity contribution in [1.82, 2.24) is 30.0 Å². The highest BCUT2D eigenvalue weighted by Gasteiger charge is 2.22. The Balaban J connectivity index is 1.29. The zero-order valence-corrected chi connectivity index (χ0v) is 23.5. The summed E-state index contributed by atoms with van der Waals surface area (Å²) in [4.78, 5) is 35.6. The highest BCUT2D eigenvalue weighted by Crippen LogP contribution is 2.29. The molecule has 4 aromatic rings. The van der Waals surface area contributed by atoms with Crippen LogP contribution in [0.2, 0.25) is 0 Å². The Hall–Kier alpha value is -4.31. The lowest BCUT2D eigenvalue weighted by Gasteiger charge is -2.18. The molecule has 10 nitrogen and oxygen atoms in total. The van der Waals surface area contributed by atoms with Crippen molar-refractivity contribution >= 4 is 22.8 Å². The number of rotatable bonds is 12. The number of pyridine rings is 2. The number of likely N-dealkylation sites (N-methyl/N-ethyl adjacent to an activating group) is 1. The molecule has 214 valence electrons. The van der Waals surface area contributed by atoms with Crippen molar-refractivity contribution in [3.63, 3.8) is 0 Å². The molecule has 0 aliphatic heterocycles. The molecular formula is C31H36N6O4. The van der Waals surface area contributed by atoms with E-state index in [-0.39, 0.29) is 12.3 Å². The Morgan fingerprint density at radius 1 is 1.10 bits per heavy atom. The third-order valence-corrected chi connectivity index (χ3v) is 7.34. The predicted octanol–water partition coefficient (Wildman–Crippen LogP) is 3.68. The SMILES string of the molecule is CN(C)CCNC(=O)c1cncc(C(CC(=O)O)n2ncc3cc(OCCc4ccc5c(n4)CCCC5)ccc32)c1. The Bertz CT molecular complexity index is 1530. The zero-order valence-electron chi connectivity index (χ0n) is 23.5. The summed E-state index contributed by atoms with van der Waals surface area (Å²) in [6.45, 7) is 1.70. The first-order valence-corrected chi connectivity index (χ1v) is 14.0. The largest absolute Gasteiger partial charge is 0.493 e. The third kappa shape index (κ3) is 7.07. The van der Waals surface area contributed by atoms with Crippen LogP contribution in [0.3, 0.4) is 0 Å². The molecule has 3 heterocycles. The van der Waals surface area contributed by atoms with Crippen LogP contribution in [0.4, 0.5) is 0 Å². The van der Waals surface area contributed by atoms with E-state index < -0.39 is 12.0 Å². The van der Waals surface area contributed by atoms with Gasteiger partial charge in [-0.3, -0.25) is 24.2 Å². The smallest absolute Gasteiger partial charge is 0.305 e. The minimum atomic E-state index is -0.977. The maximum Gasteiger partial charge on any atom is 0.305 e. The number of carboxylic acids is 1. The number of carboxylic acid groups (broad SMARTS) is 1. The molecular weight excluding hydrogens is 520 g/mol. The summed E-state index contributed by atoms with van der Waals surface area (Å²) in [5.74, 6) is -0.522. The molecule has 41 heavy (non-hydrogen) atoms. The summed E-state index contributed by atoms with van der Waals surface area (Å²) in [7, 11) is 3.86. The van der Waals surface area contributed by atoms with Gasteiger partial charge in [0.05, 0.1) is 36.3 Å². The van der Waals surface area contributed by atoms with Crippen molar-refractivity contribution in [1.29, 1.82) is 0 Å². The van der Waals surface area contributed by atoms with E-state index in [1.807, 2.05) is 37.2 Å². The van der Waals surface area contributed by atoms with Crippen molar-refractivity contribution in [2.24, 2.45) is 0 Å². The quantitative estimate of drug-likeness (QED) is 0.271. The maximum absolute atomic E-state index is 12.7. The maximum atomic E-state index is 12.7. The number of aliphatic carboxylic acids is 1. The Morgan fingerprint density at radius 2 is 1.95 bits per heavy atom. The van der Waals surface area contributed by atoms with Gasteiger partial charge in [0.15, 0.2) is 0 Å². The lowest BCUT2D eigenvalue weighted by atomic mass is 9.96. The summed E-state index contributed by atoms with van der Waals surface area (Å²) in [6.07, 6.45) is 9.90. The van der Waals surface area contributed by atoms with E-state index in [1.165, 1.54) is 30.3 Å². The van der Waals surface area contributed by atoms with Gasteiger partial charge in [-0.2, -0.15) is 5.10 Å². The molecule has 2 N–H and O–H groups in total. The summed E-state index contributed by atoms with van der Waals surface area (Å²) < 4.78 is 7.72. The van der Waals surface area contributed by atoms with Gasteiger partial charge in [-0.1, -0.05) is 6.07 Å². The number of ether oxygens (including phenoxy) is 1. The molecule has 0 saturated carbocycles. The molecule has 1 aromatic carbocycles. The summed E-state index contributed by atoms with van der Waals surface area (Å²) in [5, 5.41) is 17.9. The van der Waals surface area contributed by atoms with Gasteiger partial charge in [0.25, 0.3) is 5.91 Å². The van der Waals surface area contributed by atoms with Gasteiger partial charge in [-0.15, -0.1) is 0 Å². The molecule has 0 spiro atoms. The van der Waals surface area contributed by atoms with E-state index in [9.17, 15) is 14.7 Å². The van der Waals surface area contributed by atoms with Gasteiger partial charge in [0.2, 0.25) is 0 Å². The number of carbonyl (C=O) groups excluding carboxylic acids is 1. The minimum absolute atomic E-state index is 0.212. The van der Waals surface area contributed by atoms with Crippen molar-refractivity contribution in [2.75, 3.05) is 33.8 Å². The number of amides is 1. The molecule has 1 atom stereocenters. The lowest BCUT2D eigenvalue weighted by Crippen LogP contribution is -2.31. The number of carbonyl (C=O) groups is 2. The van der Waals surface area contributed by atoms with Crippen molar-refractivity contribution in [2.45, 2.75) is 44.6 Å². The molecule has 1 aliphatic rings. The first-order valence-electron chi connectivity index (χ1n) is 14.0. The molecule has 0 fully saturated rings. The molecule has 10 heteroatoms. The standard InChI is InChI=1S/C31H36N6O4/c1-36(2)13-12-33-31(40)24-15-22(18-32-19-24)29(17-30(38)39)37-28-10-9-26(16-23(28)20-34-37)41-14-11-25-8-7-21-5-3-4-6-27(21)35-25/h7-10,15-16,18-20,29H,3-6,11-14,17H2,1-2H3,(H,33,40)(H,38,39).